The molecule has 1 aromatic rings. The highest BCUT2D eigenvalue weighted by Crippen LogP contribution is 2.30. The molecule has 0 saturated carbocycles. The summed E-state index contributed by atoms with van der Waals surface area (Å²) in [7, 11) is -3.91. The summed E-state index contributed by atoms with van der Waals surface area (Å²) in [5.41, 5.74) is -0.974. The first-order valence-corrected chi connectivity index (χ1v) is 7.34. The Labute approximate surface area is 110 Å². The lowest BCUT2D eigenvalue weighted by atomic mass is 10.2. The Hall–Kier alpha value is -1.08. The standard InChI is InChI=1S/C12H16F3NO2S/c1-3-5-9(2)16-19(17,18)11-7-4-6-10(8-11)12(13,14)15/h4,6-9,16H,3,5H2,1-2H3. The molecule has 0 amide bonds. The molecular weight excluding hydrogens is 279 g/mol. The number of benzene rings is 1. The Balaban J connectivity index is 3.02. The largest absolute Gasteiger partial charge is 0.416 e. The molecule has 0 aliphatic heterocycles. The van der Waals surface area contributed by atoms with E-state index in [4.69, 9.17) is 0 Å². The van der Waals surface area contributed by atoms with Crippen LogP contribution in [-0.2, 0) is 16.2 Å². The van der Waals surface area contributed by atoms with E-state index in [2.05, 4.69) is 4.72 Å². The minimum atomic E-state index is -4.55. The summed E-state index contributed by atoms with van der Waals surface area (Å²) in [6, 6.07) is 3.40. The molecule has 7 heteroatoms. The van der Waals surface area contributed by atoms with Crippen molar-refractivity contribution in [2.24, 2.45) is 0 Å². The molecule has 1 rings (SSSR count). The van der Waals surface area contributed by atoms with Crippen LogP contribution in [-0.4, -0.2) is 14.5 Å². The first kappa shape index (κ1) is 16.0. The highest BCUT2D eigenvalue weighted by molar-refractivity contribution is 7.89. The van der Waals surface area contributed by atoms with Crippen molar-refractivity contribution in [2.75, 3.05) is 0 Å². The van der Waals surface area contributed by atoms with Crippen molar-refractivity contribution < 1.29 is 21.6 Å². The number of sulfonamides is 1. The van der Waals surface area contributed by atoms with Crippen molar-refractivity contribution in [2.45, 2.75) is 43.8 Å². The summed E-state index contributed by atoms with van der Waals surface area (Å²) >= 11 is 0. The van der Waals surface area contributed by atoms with Gasteiger partial charge in [0.15, 0.2) is 0 Å². The van der Waals surface area contributed by atoms with Crippen LogP contribution in [0.25, 0.3) is 0 Å². The van der Waals surface area contributed by atoms with Crippen LogP contribution >= 0.6 is 0 Å². The van der Waals surface area contributed by atoms with Crippen LogP contribution in [0.15, 0.2) is 29.2 Å². The quantitative estimate of drug-likeness (QED) is 0.907. The molecule has 0 saturated heterocycles. The summed E-state index contributed by atoms with van der Waals surface area (Å²) < 4.78 is 63.8. The molecule has 1 aromatic carbocycles. The number of hydrogen-bond acceptors (Lipinski definition) is 2. The highest BCUT2D eigenvalue weighted by atomic mass is 32.2. The predicted molar refractivity (Wildman–Crippen MR) is 66.1 cm³/mol. The molecule has 0 aliphatic rings. The van der Waals surface area contributed by atoms with E-state index in [1.807, 2.05) is 6.92 Å². The van der Waals surface area contributed by atoms with Gasteiger partial charge < -0.3 is 0 Å². The minimum absolute atomic E-state index is 0.315. The molecule has 108 valence electrons. The normalized spacial score (nSPS) is 14.4. The maximum Gasteiger partial charge on any atom is 0.416 e. The van der Waals surface area contributed by atoms with Gasteiger partial charge in [-0.05, 0) is 31.5 Å². The fourth-order valence-corrected chi connectivity index (χ4v) is 2.99. The lowest BCUT2D eigenvalue weighted by Crippen LogP contribution is -2.32. The third-order valence-corrected chi connectivity index (χ3v) is 4.14. The second kappa shape index (κ2) is 5.92. The molecule has 0 aliphatic carbocycles. The predicted octanol–water partition coefficient (Wildman–Crippen LogP) is 3.17. The summed E-state index contributed by atoms with van der Waals surface area (Å²) in [4.78, 5) is -0.370. The Morgan fingerprint density at radius 2 is 1.95 bits per heavy atom. The third-order valence-electron chi connectivity index (χ3n) is 2.55. The molecular formula is C12H16F3NO2S. The monoisotopic (exact) mass is 295 g/mol. The second-order valence-corrected chi connectivity index (χ2v) is 6.05. The summed E-state index contributed by atoms with van der Waals surface area (Å²) in [5, 5.41) is 0. The molecule has 19 heavy (non-hydrogen) atoms. The minimum Gasteiger partial charge on any atom is -0.208 e. The van der Waals surface area contributed by atoms with Gasteiger partial charge >= 0.3 is 6.18 Å². The van der Waals surface area contributed by atoms with E-state index >= 15 is 0 Å². The van der Waals surface area contributed by atoms with Crippen molar-refractivity contribution in [3.8, 4) is 0 Å². The van der Waals surface area contributed by atoms with E-state index in [1.54, 1.807) is 6.92 Å². The van der Waals surface area contributed by atoms with Gasteiger partial charge in [-0.25, -0.2) is 13.1 Å². The molecule has 0 fully saturated rings. The van der Waals surface area contributed by atoms with E-state index in [1.165, 1.54) is 0 Å². The highest BCUT2D eigenvalue weighted by Gasteiger charge is 2.31. The summed E-state index contributed by atoms with van der Waals surface area (Å²) in [6.45, 7) is 3.57. The second-order valence-electron chi connectivity index (χ2n) is 4.34. The van der Waals surface area contributed by atoms with Gasteiger partial charge in [0, 0.05) is 6.04 Å². The van der Waals surface area contributed by atoms with E-state index in [0.29, 0.717) is 12.5 Å². The fourth-order valence-electron chi connectivity index (χ4n) is 1.66. The number of rotatable bonds is 5. The SMILES string of the molecule is CCCC(C)NS(=O)(=O)c1cccc(C(F)(F)F)c1. The molecule has 0 radical (unpaired) electrons. The number of hydrogen-bond donors (Lipinski definition) is 1. The molecule has 1 N–H and O–H groups in total. The lowest BCUT2D eigenvalue weighted by molar-refractivity contribution is -0.137. The van der Waals surface area contributed by atoms with Gasteiger partial charge in [-0.15, -0.1) is 0 Å². The van der Waals surface area contributed by atoms with Gasteiger partial charge in [-0.2, -0.15) is 13.2 Å². The molecule has 0 heterocycles. The van der Waals surface area contributed by atoms with Crippen LogP contribution in [0.5, 0.6) is 0 Å². The zero-order chi connectivity index (χ0) is 14.7. The average Bonchev–Trinajstić information content (AvgIpc) is 2.27. The number of halogens is 3. The van der Waals surface area contributed by atoms with Gasteiger partial charge in [0.25, 0.3) is 0 Å². The zero-order valence-corrected chi connectivity index (χ0v) is 11.5. The van der Waals surface area contributed by atoms with Crippen LogP contribution in [0.2, 0.25) is 0 Å². The van der Waals surface area contributed by atoms with E-state index in [9.17, 15) is 21.6 Å². The molecule has 3 nitrogen and oxygen atoms in total. The van der Waals surface area contributed by atoms with Crippen molar-refractivity contribution in [1.29, 1.82) is 0 Å². The van der Waals surface area contributed by atoms with E-state index < -0.39 is 21.8 Å². The Bertz CT molecular complexity index is 526. The van der Waals surface area contributed by atoms with E-state index in [-0.39, 0.29) is 10.9 Å². The number of nitrogens with one attached hydrogen (secondary N) is 1. The zero-order valence-electron chi connectivity index (χ0n) is 10.7. The smallest absolute Gasteiger partial charge is 0.208 e. The fraction of sp³-hybridized carbons (Fsp3) is 0.500. The Kier molecular flexibility index (Phi) is 4.98. The molecule has 0 spiro atoms. The molecule has 0 bridgehead atoms. The topological polar surface area (TPSA) is 46.2 Å². The van der Waals surface area contributed by atoms with Crippen molar-refractivity contribution >= 4 is 10.0 Å². The first-order chi connectivity index (χ1) is 8.66. The third kappa shape index (κ3) is 4.50. The average molecular weight is 295 g/mol. The van der Waals surface area contributed by atoms with Crippen LogP contribution < -0.4 is 4.72 Å². The summed E-state index contributed by atoms with van der Waals surface area (Å²) in [6.07, 6.45) is -3.15. The van der Waals surface area contributed by atoms with Crippen LogP contribution in [0, 0.1) is 0 Å². The van der Waals surface area contributed by atoms with E-state index in [0.717, 1.165) is 24.6 Å². The van der Waals surface area contributed by atoms with Gasteiger partial charge in [0.2, 0.25) is 10.0 Å². The molecule has 0 aromatic heterocycles. The van der Waals surface area contributed by atoms with Crippen LogP contribution in [0.3, 0.4) is 0 Å². The van der Waals surface area contributed by atoms with Crippen LogP contribution in [0.1, 0.15) is 32.3 Å². The Morgan fingerprint density at radius 3 is 2.47 bits per heavy atom. The summed E-state index contributed by atoms with van der Waals surface area (Å²) in [5.74, 6) is 0. The molecule has 1 unspecified atom stereocenters. The maximum atomic E-state index is 12.5. The van der Waals surface area contributed by atoms with Crippen molar-refractivity contribution in [1.82, 2.24) is 4.72 Å². The van der Waals surface area contributed by atoms with Crippen molar-refractivity contribution in [3.05, 3.63) is 29.8 Å². The van der Waals surface area contributed by atoms with Gasteiger partial charge in [0.05, 0.1) is 10.5 Å². The maximum absolute atomic E-state index is 12.5. The van der Waals surface area contributed by atoms with Gasteiger partial charge in [-0.1, -0.05) is 19.4 Å². The lowest BCUT2D eigenvalue weighted by Gasteiger charge is -2.14. The van der Waals surface area contributed by atoms with Gasteiger partial charge in [-0.3, -0.25) is 0 Å². The Morgan fingerprint density at radius 1 is 1.32 bits per heavy atom. The number of alkyl halides is 3. The van der Waals surface area contributed by atoms with Crippen LogP contribution in [0.4, 0.5) is 13.2 Å². The van der Waals surface area contributed by atoms with Crippen molar-refractivity contribution in [3.63, 3.8) is 0 Å². The first-order valence-electron chi connectivity index (χ1n) is 5.86. The van der Waals surface area contributed by atoms with Gasteiger partial charge in [0.1, 0.15) is 0 Å². The molecule has 1 atom stereocenters.